The Hall–Kier alpha value is -2.29. The van der Waals surface area contributed by atoms with Crippen molar-refractivity contribution < 1.29 is 37.6 Å². The first-order valence-electron chi connectivity index (χ1n) is 21.8. The van der Waals surface area contributed by atoms with Gasteiger partial charge in [0.25, 0.3) is 0 Å². The average Bonchev–Trinajstić information content (AvgIpc) is 3.17. The number of ether oxygens (including phenoxy) is 2. The molecule has 1 unspecified atom stereocenters. The van der Waals surface area contributed by atoms with Crippen molar-refractivity contribution >= 4 is 19.8 Å². The van der Waals surface area contributed by atoms with Crippen LogP contribution in [0.15, 0.2) is 60.8 Å². The Labute approximate surface area is 336 Å². The van der Waals surface area contributed by atoms with Crippen LogP contribution in [0.25, 0.3) is 0 Å². The first kappa shape index (κ1) is 52.7. The van der Waals surface area contributed by atoms with Gasteiger partial charge in [-0.2, -0.15) is 0 Å². The Balaban J connectivity index is 4.26. The molecule has 0 saturated carbocycles. The van der Waals surface area contributed by atoms with Crippen LogP contribution in [0, 0.1) is 0 Å². The van der Waals surface area contributed by atoms with E-state index in [4.69, 9.17) is 24.3 Å². The molecule has 0 aliphatic rings. The number of hydrogen-bond acceptors (Lipinski definition) is 8. The number of hydrogen-bond donors (Lipinski definition) is 2. The van der Waals surface area contributed by atoms with Gasteiger partial charge in [0.15, 0.2) is 6.10 Å². The van der Waals surface area contributed by atoms with Gasteiger partial charge in [0.05, 0.1) is 13.2 Å². The van der Waals surface area contributed by atoms with Gasteiger partial charge in [0.2, 0.25) is 0 Å². The number of rotatable bonds is 40. The molecule has 9 nitrogen and oxygen atoms in total. The van der Waals surface area contributed by atoms with Crippen molar-refractivity contribution in [1.82, 2.24) is 0 Å². The first-order chi connectivity index (χ1) is 26.8. The number of unbranched alkanes of at least 4 members (excludes halogenated alkanes) is 17. The second-order valence-corrected chi connectivity index (χ2v) is 15.7. The van der Waals surface area contributed by atoms with Gasteiger partial charge in [0, 0.05) is 19.4 Å². The number of esters is 2. The van der Waals surface area contributed by atoms with Gasteiger partial charge in [-0.05, 0) is 77.0 Å². The molecule has 0 radical (unpaired) electrons. The number of carbonyl (C=O) groups is 2. The number of nitrogens with two attached hydrogens (primary N) is 1. The highest BCUT2D eigenvalue weighted by Gasteiger charge is 2.25. The fraction of sp³-hybridized carbons (Fsp3) is 0.733. The molecular formula is C45H80NO8P. The normalized spacial score (nSPS) is 13.9. The molecule has 0 aliphatic carbocycles. The van der Waals surface area contributed by atoms with Gasteiger partial charge in [-0.1, -0.05) is 152 Å². The molecule has 318 valence electrons. The first-order valence-corrected chi connectivity index (χ1v) is 23.3. The molecule has 0 heterocycles. The highest BCUT2D eigenvalue weighted by atomic mass is 31.2. The third-order valence-electron chi connectivity index (χ3n) is 8.88. The summed E-state index contributed by atoms with van der Waals surface area (Å²) in [5, 5.41) is 0. The standard InChI is InChI=1S/C45H80NO8P/c1-3-5-7-9-11-13-15-17-19-21-23-25-27-29-31-33-35-37-44(47)51-41-43(42-53-55(49,50)52-40-39-46)54-45(48)38-36-34-32-30-28-26-24-22-20-18-16-14-12-10-8-6-4-2/h12,14,17-20,23,25,29,31,43H,3-11,13,15-16,21-22,24,26-28,30,32-42,46H2,1-2H3,(H,49,50)/b14-12-,19-17-,20-18-,25-23-,31-29-/t43-/m1/s1. The van der Waals surface area contributed by atoms with Gasteiger partial charge >= 0.3 is 19.8 Å². The Bertz CT molecular complexity index is 1090. The molecule has 3 N–H and O–H groups in total. The number of allylic oxidation sites excluding steroid dienone is 10. The molecule has 55 heavy (non-hydrogen) atoms. The highest BCUT2D eigenvalue weighted by Crippen LogP contribution is 2.43. The van der Waals surface area contributed by atoms with Gasteiger partial charge in [-0.15, -0.1) is 0 Å². The topological polar surface area (TPSA) is 134 Å². The van der Waals surface area contributed by atoms with Crippen LogP contribution in [-0.4, -0.2) is 49.3 Å². The van der Waals surface area contributed by atoms with Crippen molar-refractivity contribution in [3.8, 4) is 0 Å². The lowest BCUT2D eigenvalue weighted by atomic mass is 10.1. The van der Waals surface area contributed by atoms with Crippen LogP contribution in [0.2, 0.25) is 0 Å². The van der Waals surface area contributed by atoms with Crippen molar-refractivity contribution in [2.24, 2.45) is 5.73 Å². The lowest BCUT2D eigenvalue weighted by Gasteiger charge is -2.19. The summed E-state index contributed by atoms with van der Waals surface area (Å²) >= 11 is 0. The maximum Gasteiger partial charge on any atom is 0.472 e. The second-order valence-electron chi connectivity index (χ2n) is 14.2. The quantitative estimate of drug-likeness (QED) is 0.0269. The molecule has 2 atom stereocenters. The van der Waals surface area contributed by atoms with Crippen molar-refractivity contribution in [3.63, 3.8) is 0 Å². The molecule has 0 rings (SSSR count). The lowest BCUT2D eigenvalue weighted by molar-refractivity contribution is -0.161. The van der Waals surface area contributed by atoms with Crippen LogP contribution in [0.4, 0.5) is 0 Å². The maximum atomic E-state index is 12.6. The highest BCUT2D eigenvalue weighted by molar-refractivity contribution is 7.47. The molecular weight excluding hydrogens is 713 g/mol. The summed E-state index contributed by atoms with van der Waals surface area (Å²) < 4.78 is 32.7. The van der Waals surface area contributed by atoms with Gasteiger partial charge in [-0.25, -0.2) is 4.57 Å². The molecule has 0 saturated heterocycles. The number of phosphoric acid groups is 1. The van der Waals surface area contributed by atoms with Crippen LogP contribution >= 0.6 is 7.82 Å². The summed E-state index contributed by atoms with van der Waals surface area (Å²) in [5.74, 6) is -0.902. The molecule has 10 heteroatoms. The monoisotopic (exact) mass is 794 g/mol. The predicted molar refractivity (Wildman–Crippen MR) is 229 cm³/mol. The summed E-state index contributed by atoms with van der Waals surface area (Å²) in [6.45, 7) is 3.63. The molecule has 0 aromatic carbocycles. The van der Waals surface area contributed by atoms with Crippen molar-refractivity contribution in [2.75, 3.05) is 26.4 Å². The molecule has 0 spiro atoms. The number of phosphoric ester groups is 1. The third kappa shape index (κ3) is 41.2. The van der Waals surface area contributed by atoms with Gasteiger partial charge in [0.1, 0.15) is 6.61 Å². The number of carbonyl (C=O) groups excluding carboxylic acids is 2. The van der Waals surface area contributed by atoms with E-state index in [1.807, 2.05) is 0 Å². The van der Waals surface area contributed by atoms with E-state index in [1.165, 1.54) is 83.5 Å². The van der Waals surface area contributed by atoms with Crippen LogP contribution < -0.4 is 5.73 Å². The van der Waals surface area contributed by atoms with E-state index < -0.39 is 32.5 Å². The third-order valence-corrected chi connectivity index (χ3v) is 9.86. The minimum absolute atomic E-state index is 0.0432. The molecule has 0 aromatic rings. The van der Waals surface area contributed by atoms with Gasteiger partial charge in [-0.3, -0.25) is 18.6 Å². The zero-order chi connectivity index (χ0) is 40.3. The Morgan fingerprint density at radius 1 is 0.545 bits per heavy atom. The minimum atomic E-state index is -4.39. The fourth-order valence-electron chi connectivity index (χ4n) is 5.62. The van der Waals surface area contributed by atoms with Crippen LogP contribution in [0.1, 0.15) is 181 Å². The Morgan fingerprint density at radius 3 is 1.49 bits per heavy atom. The Morgan fingerprint density at radius 2 is 0.964 bits per heavy atom. The van der Waals surface area contributed by atoms with E-state index in [0.29, 0.717) is 12.8 Å². The second kappa shape index (κ2) is 41.3. The van der Waals surface area contributed by atoms with Crippen molar-refractivity contribution in [1.29, 1.82) is 0 Å². The SMILES string of the molecule is CCCCC/C=C\C/C=C\CCCCCCCCCC(=O)O[C@H](COC(=O)CCC/C=C\C/C=C\C/C=C\CCCCCCCC)COP(=O)(O)OCCN. The van der Waals surface area contributed by atoms with Crippen LogP contribution in [0.5, 0.6) is 0 Å². The largest absolute Gasteiger partial charge is 0.472 e. The summed E-state index contributed by atoms with van der Waals surface area (Å²) in [6.07, 6.45) is 48.2. The van der Waals surface area contributed by atoms with Crippen LogP contribution in [-0.2, 0) is 32.7 Å². The molecule has 0 amide bonds. The smallest absolute Gasteiger partial charge is 0.462 e. The minimum Gasteiger partial charge on any atom is -0.462 e. The van der Waals surface area contributed by atoms with E-state index >= 15 is 0 Å². The average molecular weight is 794 g/mol. The Kier molecular flexibility index (Phi) is 39.6. The van der Waals surface area contributed by atoms with Crippen molar-refractivity contribution in [3.05, 3.63) is 60.8 Å². The van der Waals surface area contributed by atoms with E-state index in [-0.39, 0.29) is 32.6 Å². The van der Waals surface area contributed by atoms with E-state index in [0.717, 1.165) is 57.8 Å². The zero-order valence-electron chi connectivity index (χ0n) is 34.9. The lowest BCUT2D eigenvalue weighted by Crippen LogP contribution is -2.29. The van der Waals surface area contributed by atoms with E-state index in [2.05, 4.69) is 74.6 Å². The summed E-state index contributed by atoms with van der Waals surface area (Å²) in [7, 11) is -4.39. The summed E-state index contributed by atoms with van der Waals surface area (Å²) in [5.41, 5.74) is 5.34. The molecule has 0 bridgehead atoms. The van der Waals surface area contributed by atoms with Crippen LogP contribution in [0.3, 0.4) is 0 Å². The predicted octanol–water partition coefficient (Wildman–Crippen LogP) is 12.5. The molecule has 0 aliphatic heterocycles. The van der Waals surface area contributed by atoms with E-state index in [1.54, 1.807) is 0 Å². The maximum absolute atomic E-state index is 12.6. The molecule has 0 fully saturated rings. The zero-order valence-corrected chi connectivity index (χ0v) is 35.8. The van der Waals surface area contributed by atoms with E-state index in [9.17, 15) is 19.0 Å². The summed E-state index contributed by atoms with van der Waals surface area (Å²) in [6, 6.07) is 0. The molecule has 0 aromatic heterocycles. The summed E-state index contributed by atoms with van der Waals surface area (Å²) in [4.78, 5) is 34.8. The van der Waals surface area contributed by atoms with Gasteiger partial charge < -0.3 is 20.1 Å². The fourth-order valence-corrected chi connectivity index (χ4v) is 6.39. The van der Waals surface area contributed by atoms with Crippen molar-refractivity contribution in [2.45, 2.75) is 187 Å².